The SMILES string of the molecule is CCOC(=O)Oc1cc(/C=C/C(=O)O[C@]23C[C@H]4[C@H](CC[C@H](OC)[C@H]4C(=O)OC)CN2CCc2c3[nH]c3cc(OC)ccc23)ccc1OC. The number of carbonyl (C=O) groups excluding carboxylic acids is 3. The molecule has 256 valence electrons. The van der Waals surface area contributed by atoms with Crippen LogP contribution in [0.2, 0.25) is 0 Å². The first kappa shape index (κ1) is 33.4. The Bertz CT molecular complexity index is 1720. The van der Waals surface area contributed by atoms with Crippen molar-refractivity contribution in [1.82, 2.24) is 9.88 Å². The summed E-state index contributed by atoms with van der Waals surface area (Å²) in [5, 5.41) is 1.04. The monoisotopic (exact) mass is 662 g/mol. The second-order valence-electron chi connectivity index (χ2n) is 12.3. The average molecular weight is 663 g/mol. The molecule has 3 aromatic rings. The largest absolute Gasteiger partial charge is 0.513 e. The molecule has 1 aromatic heterocycles. The molecule has 2 aliphatic heterocycles. The molecule has 6 rings (SSSR count). The third-order valence-corrected chi connectivity index (χ3v) is 10.0. The van der Waals surface area contributed by atoms with Crippen molar-refractivity contribution >= 4 is 35.1 Å². The Morgan fingerprint density at radius 2 is 1.85 bits per heavy atom. The van der Waals surface area contributed by atoms with Crippen LogP contribution in [-0.4, -0.2) is 82.2 Å². The molecular weight excluding hydrogens is 620 g/mol. The zero-order valence-electron chi connectivity index (χ0n) is 27.9. The minimum absolute atomic E-state index is 0.152. The van der Waals surface area contributed by atoms with E-state index in [1.807, 2.05) is 18.2 Å². The van der Waals surface area contributed by atoms with Gasteiger partial charge >= 0.3 is 18.1 Å². The van der Waals surface area contributed by atoms with Gasteiger partial charge in [0, 0.05) is 49.7 Å². The van der Waals surface area contributed by atoms with Crippen LogP contribution in [0.3, 0.4) is 0 Å². The molecule has 0 amide bonds. The van der Waals surface area contributed by atoms with Crippen LogP contribution in [0.25, 0.3) is 17.0 Å². The number of hydrogen-bond acceptors (Lipinski definition) is 11. The summed E-state index contributed by atoms with van der Waals surface area (Å²) in [6.45, 7) is 3.16. The number of benzene rings is 2. The number of carbonyl (C=O) groups is 3. The van der Waals surface area contributed by atoms with E-state index in [1.165, 1.54) is 20.3 Å². The maximum atomic E-state index is 13.9. The number of H-pyrrole nitrogens is 1. The molecule has 1 aliphatic carbocycles. The summed E-state index contributed by atoms with van der Waals surface area (Å²) >= 11 is 0. The van der Waals surface area contributed by atoms with Crippen LogP contribution in [0.5, 0.6) is 17.2 Å². The summed E-state index contributed by atoms with van der Waals surface area (Å²) < 4.78 is 38.7. The number of esters is 2. The van der Waals surface area contributed by atoms with Crippen molar-refractivity contribution in [3.63, 3.8) is 0 Å². The topological polar surface area (TPSA) is 135 Å². The van der Waals surface area contributed by atoms with Crippen LogP contribution in [0.1, 0.15) is 43.0 Å². The molecule has 1 saturated heterocycles. The van der Waals surface area contributed by atoms with Crippen molar-refractivity contribution in [1.29, 1.82) is 0 Å². The smallest absolute Gasteiger partial charge is 0.497 e. The lowest BCUT2D eigenvalue weighted by molar-refractivity contribution is -0.224. The van der Waals surface area contributed by atoms with Crippen LogP contribution >= 0.6 is 0 Å². The third-order valence-electron chi connectivity index (χ3n) is 10.0. The second kappa shape index (κ2) is 13.9. The van der Waals surface area contributed by atoms with Gasteiger partial charge in [-0.15, -0.1) is 0 Å². The zero-order valence-corrected chi connectivity index (χ0v) is 27.9. The van der Waals surface area contributed by atoms with Crippen LogP contribution in [0, 0.1) is 17.8 Å². The lowest BCUT2D eigenvalue weighted by atomic mass is 9.63. The molecule has 2 aromatic carbocycles. The summed E-state index contributed by atoms with van der Waals surface area (Å²) in [5.41, 5.74) is 2.15. The van der Waals surface area contributed by atoms with Crippen LogP contribution in [0.4, 0.5) is 4.79 Å². The standard InChI is InChI=1S/C36H42N2O10/c1-6-46-35(41)47-30-17-21(7-12-28(30)43-3)8-14-31(39)48-36-19-26-22(9-13-29(44-4)32(26)34(40)45-5)20-38(36)16-15-25-24-11-10-23(42-2)18-27(24)37-33(25)36/h7-8,10-12,14,17-18,22,26,29,32,37H,6,9,13,15-16,19-20H2,1-5H3/b14-8+/t22-,26+,29+,32+,36+/m1/s1. The molecule has 3 heterocycles. The number of nitrogens with zero attached hydrogens (tertiary/aromatic N) is 1. The van der Waals surface area contributed by atoms with E-state index in [4.69, 9.17) is 33.2 Å². The summed E-state index contributed by atoms with van der Waals surface area (Å²) in [4.78, 5) is 45.0. The van der Waals surface area contributed by atoms with E-state index < -0.39 is 23.8 Å². The number of aromatic nitrogens is 1. The van der Waals surface area contributed by atoms with Crippen molar-refractivity contribution in [2.75, 3.05) is 48.1 Å². The van der Waals surface area contributed by atoms with E-state index in [1.54, 1.807) is 45.4 Å². The Labute approximate surface area is 279 Å². The average Bonchev–Trinajstić information content (AvgIpc) is 3.48. The fourth-order valence-corrected chi connectivity index (χ4v) is 7.84. The van der Waals surface area contributed by atoms with Crippen molar-refractivity contribution in [2.24, 2.45) is 17.8 Å². The zero-order chi connectivity index (χ0) is 34.0. The van der Waals surface area contributed by atoms with Gasteiger partial charge in [-0.05, 0) is 79.5 Å². The summed E-state index contributed by atoms with van der Waals surface area (Å²) in [6, 6.07) is 10.8. The highest BCUT2D eigenvalue weighted by molar-refractivity contribution is 5.89. The number of methoxy groups -OCH3 is 4. The molecule has 0 radical (unpaired) electrons. The number of hydrogen-bond donors (Lipinski definition) is 1. The Hall–Kier alpha value is -4.55. The van der Waals surface area contributed by atoms with E-state index in [0.29, 0.717) is 36.6 Å². The maximum Gasteiger partial charge on any atom is 0.513 e. The fourth-order valence-electron chi connectivity index (χ4n) is 7.84. The molecule has 5 atom stereocenters. The van der Waals surface area contributed by atoms with Crippen molar-refractivity contribution < 1.29 is 47.5 Å². The molecule has 48 heavy (non-hydrogen) atoms. The first-order chi connectivity index (χ1) is 23.2. The van der Waals surface area contributed by atoms with Gasteiger partial charge in [-0.1, -0.05) is 6.07 Å². The number of fused-ring (bicyclic) bond motifs is 6. The van der Waals surface area contributed by atoms with E-state index >= 15 is 0 Å². The first-order valence-electron chi connectivity index (χ1n) is 16.2. The van der Waals surface area contributed by atoms with Crippen molar-refractivity contribution in [3.8, 4) is 17.2 Å². The lowest BCUT2D eigenvalue weighted by Crippen LogP contribution is -2.63. The van der Waals surface area contributed by atoms with Crippen LogP contribution in [-0.2, 0) is 40.7 Å². The molecule has 2 fully saturated rings. The number of rotatable bonds is 9. The van der Waals surface area contributed by atoms with Gasteiger partial charge in [0.2, 0.25) is 5.72 Å². The molecular formula is C36H42N2O10. The number of piperidine rings is 1. The normalized spacial score (nSPS) is 25.0. The van der Waals surface area contributed by atoms with Crippen LogP contribution < -0.4 is 14.2 Å². The van der Waals surface area contributed by atoms with Gasteiger partial charge in [0.25, 0.3) is 0 Å². The Balaban J connectivity index is 1.38. The molecule has 0 spiro atoms. The first-order valence-corrected chi connectivity index (χ1v) is 16.2. The maximum absolute atomic E-state index is 13.9. The molecule has 12 heteroatoms. The van der Waals surface area contributed by atoms with Crippen LogP contribution in [0.15, 0.2) is 42.5 Å². The predicted octanol–water partition coefficient (Wildman–Crippen LogP) is 5.22. The van der Waals surface area contributed by atoms with Crippen molar-refractivity contribution in [2.45, 2.75) is 44.4 Å². The Kier molecular flexibility index (Phi) is 9.66. The molecule has 0 bridgehead atoms. The molecule has 0 unspecified atom stereocenters. The van der Waals surface area contributed by atoms with Gasteiger partial charge < -0.3 is 38.1 Å². The van der Waals surface area contributed by atoms with Gasteiger partial charge in [-0.3, -0.25) is 9.69 Å². The van der Waals surface area contributed by atoms with Gasteiger partial charge in [0.05, 0.1) is 45.7 Å². The van der Waals surface area contributed by atoms with E-state index in [0.717, 1.165) is 41.4 Å². The minimum atomic E-state index is -1.18. The Morgan fingerprint density at radius 1 is 1.02 bits per heavy atom. The fraction of sp³-hybridized carbons (Fsp3) is 0.472. The number of nitrogens with one attached hydrogen (secondary N) is 1. The third kappa shape index (κ3) is 6.10. The highest BCUT2D eigenvalue weighted by atomic mass is 16.7. The van der Waals surface area contributed by atoms with E-state index in [2.05, 4.69) is 9.88 Å². The summed E-state index contributed by atoms with van der Waals surface area (Å²) in [5.74, 6) is -0.142. The number of aromatic amines is 1. The molecule has 1 N–H and O–H groups in total. The quantitative estimate of drug-likeness (QED) is 0.140. The number of ether oxygens (including phenoxy) is 7. The lowest BCUT2D eigenvalue weighted by Gasteiger charge is -2.56. The molecule has 3 aliphatic rings. The van der Waals surface area contributed by atoms with Gasteiger partial charge in [-0.25, -0.2) is 9.59 Å². The Morgan fingerprint density at radius 3 is 2.58 bits per heavy atom. The second-order valence-corrected chi connectivity index (χ2v) is 12.3. The van der Waals surface area contributed by atoms with E-state index in [9.17, 15) is 14.4 Å². The van der Waals surface area contributed by atoms with Gasteiger partial charge in [-0.2, -0.15) is 0 Å². The van der Waals surface area contributed by atoms with Gasteiger partial charge in [0.1, 0.15) is 5.75 Å². The highest BCUT2D eigenvalue weighted by Gasteiger charge is 2.58. The van der Waals surface area contributed by atoms with Gasteiger partial charge in [0.15, 0.2) is 11.5 Å². The predicted molar refractivity (Wildman–Crippen MR) is 175 cm³/mol. The van der Waals surface area contributed by atoms with E-state index in [-0.39, 0.29) is 36.3 Å². The minimum Gasteiger partial charge on any atom is -0.497 e. The summed E-state index contributed by atoms with van der Waals surface area (Å²) in [7, 11) is 6.12. The summed E-state index contributed by atoms with van der Waals surface area (Å²) in [6.07, 6.45) is 4.58. The van der Waals surface area contributed by atoms with Crippen molar-refractivity contribution in [3.05, 3.63) is 59.3 Å². The molecule has 1 saturated carbocycles. The highest BCUT2D eigenvalue weighted by Crippen LogP contribution is 2.53. The molecule has 12 nitrogen and oxygen atoms in total.